The smallest absolute Gasteiger partial charge is 0.240 e. The summed E-state index contributed by atoms with van der Waals surface area (Å²) in [4.78, 5) is 2.56. The molecule has 0 saturated heterocycles. The molecule has 1 N–H and O–H groups in total. The summed E-state index contributed by atoms with van der Waals surface area (Å²) >= 11 is 0. The van der Waals surface area contributed by atoms with Crippen LogP contribution in [-0.2, 0) is 16.6 Å². The summed E-state index contributed by atoms with van der Waals surface area (Å²) in [7, 11) is 0.0384. The normalized spacial score (nSPS) is 18.9. The van der Waals surface area contributed by atoms with Crippen molar-refractivity contribution in [3.05, 3.63) is 65.2 Å². The van der Waals surface area contributed by atoms with Crippen molar-refractivity contribution < 1.29 is 8.42 Å². The van der Waals surface area contributed by atoms with E-state index in [0.717, 1.165) is 17.7 Å². The second-order valence-corrected chi connectivity index (χ2v) is 7.55. The Bertz CT molecular complexity index is 773. The molecule has 0 aromatic heterocycles. The first-order valence-electron chi connectivity index (χ1n) is 7.32. The van der Waals surface area contributed by atoms with Crippen LogP contribution in [-0.4, -0.2) is 34.0 Å². The van der Waals surface area contributed by atoms with E-state index in [1.807, 2.05) is 31.3 Å². The topological polar surface area (TPSA) is 49.4 Å². The standard InChI is InChI=1S/C17H20N2O2S/c1-18-22(20,21)17-10-6-9-14-15(11-19(2)12-16(14)17)13-7-4-3-5-8-13/h3-10,15,18H,11-12H2,1-2H3. The summed E-state index contributed by atoms with van der Waals surface area (Å²) in [5, 5.41) is 0. The maximum atomic E-state index is 12.3. The summed E-state index contributed by atoms with van der Waals surface area (Å²) in [5.74, 6) is 0.196. The lowest BCUT2D eigenvalue weighted by Gasteiger charge is -2.33. The number of rotatable bonds is 3. The lowest BCUT2D eigenvalue weighted by Crippen LogP contribution is -2.33. The van der Waals surface area contributed by atoms with E-state index in [4.69, 9.17) is 0 Å². The summed E-state index contributed by atoms with van der Waals surface area (Å²) in [6, 6.07) is 15.8. The van der Waals surface area contributed by atoms with Crippen LogP contribution in [0.1, 0.15) is 22.6 Å². The zero-order valence-electron chi connectivity index (χ0n) is 12.8. The Labute approximate surface area is 131 Å². The predicted molar refractivity (Wildman–Crippen MR) is 87.3 cm³/mol. The third kappa shape index (κ3) is 2.67. The van der Waals surface area contributed by atoms with Gasteiger partial charge in [0.05, 0.1) is 4.90 Å². The van der Waals surface area contributed by atoms with Crippen molar-refractivity contribution in [1.82, 2.24) is 9.62 Å². The van der Waals surface area contributed by atoms with Crippen molar-refractivity contribution in [2.45, 2.75) is 17.4 Å². The predicted octanol–water partition coefficient (Wildman–Crippen LogP) is 2.17. The fraction of sp³-hybridized carbons (Fsp3) is 0.294. The average molecular weight is 316 g/mol. The average Bonchev–Trinajstić information content (AvgIpc) is 2.54. The van der Waals surface area contributed by atoms with Crippen LogP contribution in [0.15, 0.2) is 53.4 Å². The van der Waals surface area contributed by atoms with Crippen molar-refractivity contribution >= 4 is 10.0 Å². The third-order valence-electron chi connectivity index (χ3n) is 4.23. The maximum absolute atomic E-state index is 12.3. The second-order valence-electron chi connectivity index (χ2n) is 5.69. The molecule has 0 bridgehead atoms. The highest BCUT2D eigenvalue weighted by molar-refractivity contribution is 7.89. The van der Waals surface area contributed by atoms with E-state index in [2.05, 4.69) is 27.8 Å². The molecule has 2 aromatic rings. The lowest BCUT2D eigenvalue weighted by atomic mass is 9.85. The van der Waals surface area contributed by atoms with Crippen LogP contribution < -0.4 is 4.72 Å². The van der Waals surface area contributed by atoms with E-state index in [9.17, 15) is 8.42 Å². The Kier molecular flexibility index (Phi) is 4.04. The van der Waals surface area contributed by atoms with Gasteiger partial charge in [0.15, 0.2) is 0 Å². The van der Waals surface area contributed by atoms with Crippen LogP contribution in [0.25, 0.3) is 0 Å². The molecule has 0 radical (unpaired) electrons. The molecule has 1 aliphatic rings. The van der Waals surface area contributed by atoms with Crippen molar-refractivity contribution in [3.8, 4) is 0 Å². The first kappa shape index (κ1) is 15.2. The molecule has 3 rings (SSSR count). The highest BCUT2D eigenvalue weighted by Crippen LogP contribution is 2.35. The van der Waals surface area contributed by atoms with Crippen LogP contribution in [0.3, 0.4) is 0 Å². The van der Waals surface area contributed by atoms with Gasteiger partial charge in [-0.3, -0.25) is 0 Å². The van der Waals surface area contributed by atoms with Crippen LogP contribution in [0.2, 0.25) is 0 Å². The molecule has 0 spiro atoms. The molecule has 1 unspecified atom stereocenters. The van der Waals surface area contributed by atoms with Gasteiger partial charge in [0.2, 0.25) is 10.0 Å². The molecule has 0 aliphatic carbocycles. The van der Waals surface area contributed by atoms with Gasteiger partial charge in [-0.1, -0.05) is 42.5 Å². The van der Waals surface area contributed by atoms with Crippen molar-refractivity contribution in [2.75, 3.05) is 20.6 Å². The molecular weight excluding hydrogens is 296 g/mol. The number of nitrogens with zero attached hydrogens (tertiary/aromatic N) is 1. The molecular formula is C17H20N2O2S. The fourth-order valence-electron chi connectivity index (χ4n) is 3.15. The van der Waals surface area contributed by atoms with Crippen LogP contribution in [0.5, 0.6) is 0 Å². The molecule has 116 valence electrons. The largest absolute Gasteiger partial charge is 0.301 e. The number of hydrogen-bond acceptors (Lipinski definition) is 3. The Morgan fingerprint density at radius 3 is 2.50 bits per heavy atom. The van der Waals surface area contributed by atoms with Gasteiger partial charge in [-0.2, -0.15) is 0 Å². The third-order valence-corrected chi connectivity index (χ3v) is 5.73. The molecule has 22 heavy (non-hydrogen) atoms. The van der Waals surface area contributed by atoms with Gasteiger partial charge in [0.25, 0.3) is 0 Å². The Hall–Kier alpha value is -1.69. The molecule has 1 aliphatic heterocycles. The van der Waals surface area contributed by atoms with Gasteiger partial charge < -0.3 is 4.90 Å². The van der Waals surface area contributed by atoms with Crippen LogP contribution in [0, 0.1) is 0 Å². The monoisotopic (exact) mass is 316 g/mol. The summed E-state index contributed by atoms with van der Waals surface area (Å²) in [6.45, 7) is 1.54. The van der Waals surface area contributed by atoms with E-state index in [1.54, 1.807) is 6.07 Å². The van der Waals surface area contributed by atoms with Gasteiger partial charge in [0.1, 0.15) is 0 Å². The quantitative estimate of drug-likeness (QED) is 0.944. The van der Waals surface area contributed by atoms with E-state index < -0.39 is 10.0 Å². The number of sulfonamides is 1. The Balaban J connectivity index is 2.17. The zero-order chi connectivity index (χ0) is 15.7. The zero-order valence-corrected chi connectivity index (χ0v) is 13.6. The van der Waals surface area contributed by atoms with Crippen molar-refractivity contribution in [2.24, 2.45) is 0 Å². The Morgan fingerprint density at radius 2 is 1.82 bits per heavy atom. The van der Waals surface area contributed by atoms with Crippen molar-refractivity contribution in [1.29, 1.82) is 0 Å². The minimum Gasteiger partial charge on any atom is -0.301 e. The van der Waals surface area contributed by atoms with Gasteiger partial charge in [0, 0.05) is 19.0 Å². The van der Waals surface area contributed by atoms with Gasteiger partial charge in [-0.25, -0.2) is 13.1 Å². The van der Waals surface area contributed by atoms with Gasteiger partial charge in [-0.15, -0.1) is 0 Å². The molecule has 5 heteroatoms. The van der Waals surface area contributed by atoms with E-state index in [1.165, 1.54) is 12.6 Å². The fourth-order valence-corrected chi connectivity index (χ4v) is 4.14. The van der Waals surface area contributed by atoms with Crippen LogP contribution >= 0.6 is 0 Å². The molecule has 4 nitrogen and oxygen atoms in total. The highest BCUT2D eigenvalue weighted by atomic mass is 32.2. The van der Waals surface area contributed by atoms with E-state index in [-0.39, 0.29) is 5.92 Å². The van der Waals surface area contributed by atoms with Crippen molar-refractivity contribution in [3.63, 3.8) is 0 Å². The van der Waals surface area contributed by atoms with E-state index >= 15 is 0 Å². The molecule has 2 aromatic carbocycles. The molecule has 1 heterocycles. The summed E-state index contributed by atoms with van der Waals surface area (Å²) in [6.07, 6.45) is 0. The molecule has 1 atom stereocenters. The van der Waals surface area contributed by atoms with E-state index in [0.29, 0.717) is 11.4 Å². The maximum Gasteiger partial charge on any atom is 0.240 e. The molecule has 0 saturated carbocycles. The summed E-state index contributed by atoms with van der Waals surface area (Å²) < 4.78 is 27.0. The SMILES string of the molecule is CNS(=O)(=O)c1cccc2c1CN(C)CC2c1ccccc1. The van der Waals surface area contributed by atoms with Gasteiger partial charge in [-0.05, 0) is 36.9 Å². The summed E-state index contributed by atoms with van der Waals surface area (Å²) in [5.41, 5.74) is 3.23. The number of likely N-dealkylation sites (N-methyl/N-ethyl adjacent to an activating group) is 1. The minimum atomic E-state index is -3.45. The van der Waals surface area contributed by atoms with Gasteiger partial charge >= 0.3 is 0 Å². The number of hydrogen-bond donors (Lipinski definition) is 1. The second kappa shape index (κ2) is 5.83. The van der Waals surface area contributed by atoms with Crippen LogP contribution in [0.4, 0.5) is 0 Å². The lowest BCUT2D eigenvalue weighted by molar-refractivity contribution is 0.292. The first-order chi connectivity index (χ1) is 10.5. The highest BCUT2D eigenvalue weighted by Gasteiger charge is 2.29. The minimum absolute atomic E-state index is 0.196. The number of nitrogens with one attached hydrogen (secondary N) is 1. The Morgan fingerprint density at radius 1 is 1.09 bits per heavy atom. The number of fused-ring (bicyclic) bond motifs is 1. The molecule has 0 fully saturated rings. The first-order valence-corrected chi connectivity index (χ1v) is 8.80. The number of benzene rings is 2. The molecule has 0 amide bonds.